The number of anilines is 1. The summed E-state index contributed by atoms with van der Waals surface area (Å²) in [7, 11) is 0. The molecule has 1 fully saturated rings. The molecule has 0 bridgehead atoms. The molecular formula is C15H12F3N3O. The summed E-state index contributed by atoms with van der Waals surface area (Å²) in [6, 6.07) is 4.07. The summed E-state index contributed by atoms with van der Waals surface area (Å²) in [5.41, 5.74) is -1.34. The van der Waals surface area contributed by atoms with Gasteiger partial charge < -0.3 is 5.32 Å². The predicted octanol–water partition coefficient (Wildman–Crippen LogP) is 3.19. The van der Waals surface area contributed by atoms with Crippen LogP contribution < -0.4 is 10.2 Å². The number of halogens is 3. The van der Waals surface area contributed by atoms with Gasteiger partial charge in [0.1, 0.15) is 0 Å². The molecule has 2 atom stereocenters. The average Bonchev–Trinajstić information content (AvgIpc) is 2.81. The summed E-state index contributed by atoms with van der Waals surface area (Å²) in [6.45, 7) is 0. The molecule has 114 valence electrons. The van der Waals surface area contributed by atoms with E-state index in [2.05, 4.69) is 5.32 Å². The molecule has 0 spiro atoms. The minimum Gasteiger partial charge on any atom is -0.333 e. The van der Waals surface area contributed by atoms with E-state index in [-0.39, 0.29) is 17.8 Å². The summed E-state index contributed by atoms with van der Waals surface area (Å²) in [4.78, 5) is 13.4. The maximum Gasteiger partial charge on any atom is 0.417 e. The fourth-order valence-electron chi connectivity index (χ4n) is 2.91. The minimum absolute atomic E-state index is 0.0949. The Morgan fingerprint density at radius 1 is 1.36 bits per heavy atom. The van der Waals surface area contributed by atoms with E-state index in [1.54, 1.807) is 0 Å². The van der Waals surface area contributed by atoms with E-state index >= 15 is 0 Å². The molecule has 4 nitrogen and oxygen atoms in total. The Balaban J connectivity index is 2.05. The summed E-state index contributed by atoms with van der Waals surface area (Å²) in [5, 5.41) is 11.6. The zero-order chi connectivity index (χ0) is 15.9. The smallest absolute Gasteiger partial charge is 0.333 e. The largest absolute Gasteiger partial charge is 0.417 e. The Hall–Kier alpha value is -2.49. The predicted molar refractivity (Wildman–Crippen MR) is 73.1 cm³/mol. The molecule has 3 rings (SSSR count). The van der Waals surface area contributed by atoms with Gasteiger partial charge in [0.25, 0.3) is 0 Å². The topological polar surface area (TPSA) is 56.1 Å². The third kappa shape index (κ3) is 2.30. The Kier molecular flexibility index (Phi) is 3.32. The molecule has 0 unspecified atom stereocenters. The van der Waals surface area contributed by atoms with Gasteiger partial charge in [-0.05, 0) is 31.0 Å². The number of hydrogen-bond donors (Lipinski definition) is 1. The molecule has 0 aromatic heterocycles. The van der Waals surface area contributed by atoms with Crippen molar-refractivity contribution >= 4 is 11.7 Å². The number of hydrogen-bond acceptors (Lipinski definition) is 2. The van der Waals surface area contributed by atoms with Crippen LogP contribution in [0.2, 0.25) is 0 Å². The Bertz CT molecular complexity index is 690. The van der Waals surface area contributed by atoms with E-state index in [0.29, 0.717) is 0 Å². The van der Waals surface area contributed by atoms with Gasteiger partial charge in [0.05, 0.1) is 29.3 Å². The number of allylic oxidation sites excluding steroid dienone is 1. The van der Waals surface area contributed by atoms with Gasteiger partial charge in [-0.1, -0.05) is 12.2 Å². The first kappa shape index (κ1) is 14.4. The van der Waals surface area contributed by atoms with Crippen LogP contribution in [-0.2, 0) is 6.18 Å². The van der Waals surface area contributed by atoms with Gasteiger partial charge in [0, 0.05) is 5.69 Å². The van der Waals surface area contributed by atoms with E-state index in [9.17, 15) is 18.0 Å². The van der Waals surface area contributed by atoms with Crippen molar-refractivity contribution in [3.05, 3.63) is 41.5 Å². The summed E-state index contributed by atoms with van der Waals surface area (Å²) < 4.78 is 39.1. The highest BCUT2D eigenvalue weighted by Crippen LogP contribution is 2.36. The molecule has 1 aromatic carbocycles. The van der Waals surface area contributed by atoms with Crippen LogP contribution >= 0.6 is 0 Å². The Morgan fingerprint density at radius 2 is 2.14 bits per heavy atom. The molecule has 0 radical (unpaired) electrons. The van der Waals surface area contributed by atoms with Crippen molar-refractivity contribution in [3.63, 3.8) is 0 Å². The van der Waals surface area contributed by atoms with Crippen molar-refractivity contribution in [3.8, 4) is 6.07 Å². The highest BCUT2D eigenvalue weighted by Gasteiger charge is 2.41. The van der Waals surface area contributed by atoms with Crippen LogP contribution in [0.3, 0.4) is 0 Å². The van der Waals surface area contributed by atoms with Crippen LogP contribution in [0.15, 0.2) is 30.4 Å². The molecule has 0 saturated carbocycles. The van der Waals surface area contributed by atoms with E-state index in [0.717, 1.165) is 25.0 Å². The normalized spacial score (nSPS) is 23.9. The van der Waals surface area contributed by atoms with Gasteiger partial charge in [0.2, 0.25) is 0 Å². The molecular weight excluding hydrogens is 295 g/mol. The first-order valence-electron chi connectivity index (χ1n) is 6.79. The zero-order valence-corrected chi connectivity index (χ0v) is 11.4. The molecule has 2 aliphatic rings. The van der Waals surface area contributed by atoms with E-state index in [1.165, 1.54) is 17.0 Å². The van der Waals surface area contributed by atoms with Crippen LogP contribution in [0.25, 0.3) is 0 Å². The van der Waals surface area contributed by atoms with Crippen molar-refractivity contribution in [2.24, 2.45) is 0 Å². The molecule has 1 heterocycles. The molecule has 2 amide bonds. The number of benzene rings is 1. The third-order valence-electron chi connectivity index (χ3n) is 3.92. The van der Waals surface area contributed by atoms with Crippen molar-refractivity contribution < 1.29 is 18.0 Å². The highest BCUT2D eigenvalue weighted by atomic mass is 19.4. The lowest BCUT2D eigenvalue weighted by molar-refractivity contribution is -0.137. The molecule has 1 saturated heterocycles. The second-order valence-electron chi connectivity index (χ2n) is 5.26. The molecule has 7 heteroatoms. The second kappa shape index (κ2) is 5.05. The van der Waals surface area contributed by atoms with Gasteiger partial charge in [-0.3, -0.25) is 4.90 Å². The number of nitrogens with one attached hydrogen (secondary N) is 1. The lowest BCUT2D eigenvalue weighted by Gasteiger charge is -2.26. The lowest BCUT2D eigenvalue weighted by atomic mass is 9.97. The van der Waals surface area contributed by atoms with E-state index < -0.39 is 23.3 Å². The Labute approximate surface area is 124 Å². The Morgan fingerprint density at radius 3 is 2.82 bits per heavy atom. The number of nitrogens with zero attached hydrogens (tertiary/aromatic N) is 2. The van der Waals surface area contributed by atoms with Crippen LogP contribution in [0.4, 0.5) is 23.7 Å². The van der Waals surface area contributed by atoms with E-state index in [1.807, 2.05) is 12.2 Å². The van der Waals surface area contributed by atoms with Crippen LogP contribution in [-0.4, -0.2) is 18.1 Å². The standard InChI is InChI=1S/C15H12F3N3O/c16-15(17,18)11-7-10(6-5-9(11)8-19)21-13-4-2-1-3-12(13)20-14(21)22/h2,4-7,12-13H,1,3H2,(H,20,22)/t12-,13-/m1/s1. The number of urea groups is 1. The number of nitriles is 1. The van der Waals surface area contributed by atoms with Gasteiger partial charge in [-0.25, -0.2) is 4.79 Å². The molecule has 1 aliphatic carbocycles. The van der Waals surface area contributed by atoms with Crippen LogP contribution in [0, 0.1) is 11.3 Å². The molecule has 1 aromatic rings. The highest BCUT2D eigenvalue weighted by molar-refractivity contribution is 5.96. The molecule has 22 heavy (non-hydrogen) atoms. The van der Waals surface area contributed by atoms with Gasteiger partial charge in [-0.2, -0.15) is 18.4 Å². The van der Waals surface area contributed by atoms with E-state index in [4.69, 9.17) is 5.26 Å². The fourth-order valence-corrected chi connectivity index (χ4v) is 2.91. The number of carbonyl (C=O) groups is 1. The SMILES string of the molecule is N#Cc1ccc(N2C(=O)N[C@@H]3CCC=C[C@H]32)cc1C(F)(F)F. The van der Waals surface area contributed by atoms with Crippen LogP contribution in [0.5, 0.6) is 0 Å². The number of rotatable bonds is 1. The van der Waals surface area contributed by atoms with Gasteiger partial charge >= 0.3 is 12.2 Å². The first-order valence-corrected chi connectivity index (χ1v) is 6.79. The molecule has 1 aliphatic heterocycles. The van der Waals surface area contributed by atoms with Crippen molar-refractivity contribution in [1.29, 1.82) is 5.26 Å². The lowest BCUT2D eigenvalue weighted by Crippen LogP contribution is -2.36. The zero-order valence-electron chi connectivity index (χ0n) is 11.4. The summed E-state index contributed by atoms with van der Waals surface area (Å²) in [5.74, 6) is 0. The monoisotopic (exact) mass is 307 g/mol. The molecule has 1 N–H and O–H groups in total. The number of alkyl halides is 3. The minimum atomic E-state index is -4.64. The third-order valence-corrected chi connectivity index (χ3v) is 3.92. The van der Waals surface area contributed by atoms with Gasteiger partial charge in [0.15, 0.2) is 0 Å². The first-order chi connectivity index (χ1) is 10.4. The number of carbonyl (C=O) groups excluding carboxylic acids is 1. The number of amides is 2. The van der Waals surface area contributed by atoms with Crippen LogP contribution in [0.1, 0.15) is 24.0 Å². The summed E-state index contributed by atoms with van der Waals surface area (Å²) >= 11 is 0. The van der Waals surface area contributed by atoms with Crippen molar-refractivity contribution in [2.45, 2.75) is 31.1 Å². The number of fused-ring (bicyclic) bond motifs is 1. The van der Waals surface area contributed by atoms with Gasteiger partial charge in [-0.15, -0.1) is 0 Å². The maximum atomic E-state index is 13.0. The second-order valence-corrected chi connectivity index (χ2v) is 5.26. The summed E-state index contributed by atoms with van der Waals surface area (Å²) in [6.07, 6.45) is 0.696. The maximum absolute atomic E-state index is 13.0. The quantitative estimate of drug-likeness (QED) is 0.810. The fraction of sp³-hybridized carbons (Fsp3) is 0.333. The van der Waals surface area contributed by atoms with Crippen molar-refractivity contribution in [2.75, 3.05) is 4.90 Å². The van der Waals surface area contributed by atoms with Crippen molar-refractivity contribution in [1.82, 2.24) is 5.32 Å². The average molecular weight is 307 g/mol.